The van der Waals surface area contributed by atoms with Crippen molar-refractivity contribution in [3.8, 4) is 29.1 Å². The second-order valence-corrected chi connectivity index (χ2v) is 4.33. The Morgan fingerprint density at radius 3 is 2.05 bits per heavy atom. The standard InChI is InChI=1S/C17H17NO4/c1-19-14-5-3-4-6-16(14)21-9-10-22-17-11-13(12-18)7-8-15(17)20-2/h3-8,11H,9-10H2,1-2H3. The van der Waals surface area contributed by atoms with Gasteiger partial charge in [-0.3, -0.25) is 0 Å². The second kappa shape index (κ2) is 7.79. The van der Waals surface area contributed by atoms with E-state index in [2.05, 4.69) is 6.07 Å². The number of ether oxygens (including phenoxy) is 4. The molecular formula is C17H17NO4. The molecule has 0 aliphatic rings. The van der Waals surface area contributed by atoms with Crippen LogP contribution in [0.3, 0.4) is 0 Å². The molecule has 2 rings (SSSR count). The van der Waals surface area contributed by atoms with Gasteiger partial charge in [0.2, 0.25) is 0 Å². The number of para-hydroxylation sites is 2. The summed E-state index contributed by atoms with van der Waals surface area (Å²) in [6, 6.07) is 14.5. The van der Waals surface area contributed by atoms with Gasteiger partial charge in [0.05, 0.1) is 25.9 Å². The summed E-state index contributed by atoms with van der Waals surface area (Å²) in [6.45, 7) is 0.670. The molecule has 0 aliphatic carbocycles. The van der Waals surface area contributed by atoms with E-state index in [1.54, 1.807) is 32.4 Å². The lowest BCUT2D eigenvalue weighted by atomic mass is 10.2. The van der Waals surface area contributed by atoms with Crippen LogP contribution in [-0.4, -0.2) is 27.4 Å². The Morgan fingerprint density at radius 2 is 1.41 bits per heavy atom. The SMILES string of the molecule is COc1ccccc1OCCOc1cc(C#N)ccc1OC. The van der Waals surface area contributed by atoms with Gasteiger partial charge in [-0.2, -0.15) is 5.26 Å². The van der Waals surface area contributed by atoms with E-state index in [0.29, 0.717) is 41.8 Å². The molecule has 0 amide bonds. The van der Waals surface area contributed by atoms with Crippen LogP contribution in [0, 0.1) is 11.3 Å². The summed E-state index contributed by atoms with van der Waals surface area (Å²) in [6.07, 6.45) is 0. The number of rotatable bonds is 7. The third kappa shape index (κ3) is 3.83. The summed E-state index contributed by atoms with van der Waals surface area (Å²) in [5, 5.41) is 8.92. The first-order valence-corrected chi connectivity index (χ1v) is 6.75. The van der Waals surface area contributed by atoms with E-state index >= 15 is 0 Å². The van der Waals surface area contributed by atoms with E-state index in [1.807, 2.05) is 24.3 Å². The highest BCUT2D eigenvalue weighted by Gasteiger charge is 2.07. The number of hydrogen-bond donors (Lipinski definition) is 0. The molecule has 5 heteroatoms. The van der Waals surface area contributed by atoms with Gasteiger partial charge in [0.25, 0.3) is 0 Å². The quantitative estimate of drug-likeness (QED) is 0.735. The highest BCUT2D eigenvalue weighted by molar-refractivity contribution is 5.46. The summed E-state index contributed by atoms with van der Waals surface area (Å²) < 4.78 is 21.7. The fourth-order valence-electron chi connectivity index (χ4n) is 1.90. The largest absolute Gasteiger partial charge is 0.493 e. The Labute approximate surface area is 129 Å². The Hall–Kier alpha value is -2.87. The molecule has 5 nitrogen and oxygen atoms in total. The van der Waals surface area contributed by atoms with Crippen molar-refractivity contribution in [1.29, 1.82) is 5.26 Å². The van der Waals surface area contributed by atoms with Crippen LogP contribution in [0.1, 0.15) is 5.56 Å². The maximum atomic E-state index is 8.92. The van der Waals surface area contributed by atoms with Crippen LogP contribution in [0.25, 0.3) is 0 Å². The maximum absolute atomic E-state index is 8.92. The molecule has 0 atom stereocenters. The third-order valence-electron chi connectivity index (χ3n) is 2.96. The molecule has 114 valence electrons. The number of nitriles is 1. The summed E-state index contributed by atoms with van der Waals surface area (Å²) in [5.41, 5.74) is 0.515. The predicted octanol–water partition coefficient (Wildman–Crippen LogP) is 3.03. The number of benzene rings is 2. The van der Waals surface area contributed by atoms with Crippen molar-refractivity contribution in [2.45, 2.75) is 0 Å². The normalized spacial score (nSPS) is 9.68. The first-order valence-electron chi connectivity index (χ1n) is 6.75. The number of nitrogens with zero attached hydrogens (tertiary/aromatic N) is 1. The molecule has 0 saturated carbocycles. The van der Waals surface area contributed by atoms with Gasteiger partial charge < -0.3 is 18.9 Å². The van der Waals surface area contributed by atoms with Gasteiger partial charge in [-0.15, -0.1) is 0 Å². The average molecular weight is 299 g/mol. The van der Waals surface area contributed by atoms with E-state index in [-0.39, 0.29) is 0 Å². The molecule has 0 aliphatic heterocycles. The van der Waals surface area contributed by atoms with Gasteiger partial charge in [0, 0.05) is 6.07 Å². The molecule has 0 aromatic heterocycles. The summed E-state index contributed by atoms with van der Waals surface area (Å²) in [4.78, 5) is 0. The molecule has 0 radical (unpaired) electrons. The van der Waals surface area contributed by atoms with Gasteiger partial charge in [-0.1, -0.05) is 12.1 Å². The Kier molecular flexibility index (Phi) is 5.50. The van der Waals surface area contributed by atoms with Crippen molar-refractivity contribution in [2.75, 3.05) is 27.4 Å². The molecule has 0 saturated heterocycles. The summed E-state index contributed by atoms with van der Waals surface area (Å²) in [7, 11) is 3.15. The van der Waals surface area contributed by atoms with Crippen LogP contribution in [0.5, 0.6) is 23.0 Å². The van der Waals surface area contributed by atoms with Crippen molar-refractivity contribution in [3.05, 3.63) is 48.0 Å². The molecule has 2 aromatic rings. The molecule has 0 bridgehead atoms. The van der Waals surface area contributed by atoms with Gasteiger partial charge in [0.15, 0.2) is 23.0 Å². The molecule has 0 N–H and O–H groups in total. The van der Waals surface area contributed by atoms with Gasteiger partial charge in [-0.25, -0.2) is 0 Å². The minimum Gasteiger partial charge on any atom is -0.493 e. The van der Waals surface area contributed by atoms with Crippen LogP contribution in [-0.2, 0) is 0 Å². The maximum Gasteiger partial charge on any atom is 0.162 e. The van der Waals surface area contributed by atoms with Crippen molar-refractivity contribution in [2.24, 2.45) is 0 Å². The zero-order valence-electron chi connectivity index (χ0n) is 12.5. The van der Waals surface area contributed by atoms with Crippen molar-refractivity contribution >= 4 is 0 Å². The smallest absolute Gasteiger partial charge is 0.162 e. The van der Waals surface area contributed by atoms with Gasteiger partial charge in [0.1, 0.15) is 13.2 Å². The van der Waals surface area contributed by atoms with E-state index < -0.39 is 0 Å². The Balaban J connectivity index is 1.93. The molecular weight excluding hydrogens is 282 g/mol. The zero-order chi connectivity index (χ0) is 15.8. The van der Waals surface area contributed by atoms with E-state index in [1.165, 1.54) is 0 Å². The van der Waals surface area contributed by atoms with Crippen LogP contribution in [0.4, 0.5) is 0 Å². The van der Waals surface area contributed by atoms with Crippen molar-refractivity contribution in [3.63, 3.8) is 0 Å². The van der Waals surface area contributed by atoms with Crippen molar-refractivity contribution in [1.82, 2.24) is 0 Å². The molecule has 22 heavy (non-hydrogen) atoms. The fourth-order valence-corrected chi connectivity index (χ4v) is 1.90. The minimum atomic E-state index is 0.323. The van der Waals surface area contributed by atoms with E-state index in [9.17, 15) is 0 Å². The first kappa shape index (κ1) is 15.5. The van der Waals surface area contributed by atoms with Crippen LogP contribution < -0.4 is 18.9 Å². The molecule has 0 heterocycles. The molecule has 2 aromatic carbocycles. The summed E-state index contributed by atoms with van der Waals surface area (Å²) in [5.74, 6) is 2.43. The molecule has 0 unspecified atom stereocenters. The Morgan fingerprint density at radius 1 is 0.818 bits per heavy atom. The zero-order valence-corrected chi connectivity index (χ0v) is 12.5. The van der Waals surface area contributed by atoms with Gasteiger partial charge >= 0.3 is 0 Å². The van der Waals surface area contributed by atoms with Crippen molar-refractivity contribution < 1.29 is 18.9 Å². The monoisotopic (exact) mass is 299 g/mol. The first-order chi connectivity index (χ1) is 10.8. The summed E-state index contributed by atoms with van der Waals surface area (Å²) >= 11 is 0. The Bertz CT molecular complexity index is 664. The van der Waals surface area contributed by atoms with Crippen LogP contribution in [0.2, 0.25) is 0 Å². The average Bonchev–Trinajstić information content (AvgIpc) is 2.58. The molecule has 0 fully saturated rings. The highest BCUT2D eigenvalue weighted by Crippen LogP contribution is 2.28. The fraction of sp³-hybridized carbons (Fsp3) is 0.235. The molecule has 0 spiro atoms. The lowest BCUT2D eigenvalue weighted by molar-refractivity contribution is 0.206. The van der Waals surface area contributed by atoms with Crippen LogP contribution in [0.15, 0.2) is 42.5 Å². The second-order valence-electron chi connectivity index (χ2n) is 4.33. The number of methoxy groups -OCH3 is 2. The van der Waals surface area contributed by atoms with Crippen LogP contribution >= 0.6 is 0 Å². The van der Waals surface area contributed by atoms with E-state index in [4.69, 9.17) is 24.2 Å². The lowest BCUT2D eigenvalue weighted by Crippen LogP contribution is -2.10. The lowest BCUT2D eigenvalue weighted by Gasteiger charge is -2.13. The van der Waals surface area contributed by atoms with Gasteiger partial charge in [-0.05, 0) is 24.3 Å². The third-order valence-corrected chi connectivity index (χ3v) is 2.96. The topological polar surface area (TPSA) is 60.7 Å². The predicted molar refractivity (Wildman–Crippen MR) is 81.7 cm³/mol. The number of hydrogen-bond acceptors (Lipinski definition) is 5. The highest BCUT2D eigenvalue weighted by atomic mass is 16.5. The van der Waals surface area contributed by atoms with E-state index in [0.717, 1.165) is 0 Å². The minimum absolute atomic E-state index is 0.323.